The third kappa shape index (κ3) is 3.16. The molecule has 3 nitrogen and oxygen atoms in total. The molecule has 0 radical (unpaired) electrons. The Kier molecular flexibility index (Phi) is 4.86. The molecule has 0 unspecified atom stereocenters. The predicted molar refractivity (Wildman–Crippen MR) is 78.6 cm³/mol. The number of halogens is 1. The summed E-state index contributed by atoms with van der Waals surface area (Å²) in [5, 5.41) is 0. The minimum absolute atomic E-state index is 0.291. The van der Waals surface area contributed by atoms with Crippen LogP contribution in [0.4, 0.5) is 0 Å². The van der Waals surface area contributed by atoms with Crippen molar-refractivity contribution in [3.05, 3.63) is 21.3 Å². The summed E-state index contributed by atoms with van der Waals surface area (Å²) >= 11 is 2.20. The van der Waals surface area contributed by atoms with E-state index in [-0.39, 0.29) is 0 Å². The second-order valence-electron chi connectivity index (χ2n) is 4.41. The first-order chi connectivity index (χ1) is 8.74. The Morgan fingerprint density at radius 1 is 1.39 bits per heavy atom. The molecule has 0 bridgehead atoms. The summed E-state index contributed by atoms with van der Waals surface area (Å²) in [7, 11) is 0. The van der Waals surface area contributed by atoms with E-state index in [2.05, 4.69) is 22.6 Å². The number of benzene rings is 1. The fourth-order valence-electron chi connectivity index (χ4n) is 2.21. The topological polar surface area (TPSA) is 35.5 Å². The fraction of sp³-hybridized carbons (Fsp3) is 0.500. The van der Waals surface area contributed by atoms with Gasteiger partial charge in [-0.3, -0.25) is 4.79 Å². The highest BCUT2D eigenvalue weighted by Gasteiger charge is 2.20. The van der Waals surface area contributed by atoms with Gasteiger partial charge >= 0.3 is 0 Å². The lowest BCUT2D eigenvalue weighted by atomic mass is 10.2. The Morgan fingerprint density at radius 2 is 2.11 bits per heavy atom. The summed E-state index contributed by atoms with van der Waals surface area (Å²) < 4.78 is 12.6. The molecule has 0 spiro atoms. The zero-order chi connectivity index (χ0) is 13.0. The zero-order valence-corrected chi connectivity index (χ0v) is 12.6. The molecule has 1 aromatic carbocycles. The first-order valence-electron chi connectivity index (χ1n) is 6.32. The molecule has 0 N–H and O–H groups in total. The van der Waals surface area contributed by atoms with Crippen molar-refractivity contribution in [1.29, 1.82) is 0 Å². The molecule has 1 fully saturated rings. The first-order valence-corrected chi connectivity index (χ1v) is 7.40. The molecule has 0 amide bonds. The van der Waals surface area contributed by atoms with E-state index in [4.69, 9.17) is 9.47 Å². The normalized spacial score (nSPS) is 15.7. The van der Waals surface area contributed by atoms with Crippen LogP contribution in [0.25, 0.3) is 0 Å². The summed E-state index contributed by atoms with van der Waals surface area (Å²) in [5.74, 6) is 1.47. The molecule has 1 aliphatic carbocycles. The number of hydrogen-bond donors (Lipinski definition) is 0. The van der Waals surface area contributed by atoms with Crippen LogP contribution in [0.15, 0.2) is 12.1 Å². The molecule has 0 heterocycles. The monoisotopic (exact) mass is 360 g/mol. The zero-order valence-electron chi connectivity index (χ0n) is 10.4. The molecule has 1 aromatic rings. The van der Waals surface area contributed by atoms with Gasteiger partial charge in [0.15, 0.2) is 11.5 Å². The average Bonchev–Trinajstić information content (AvgIpc) is 2.86. The number of hydrogen-bond acceptors (Lipinski definition) is 3. The van der Waals surface area contributed by atoms with Crippen molar-refractivity contribution in [3.63, 3.8) is 0 Å². The first kappa shape index (κ1) is 13.6. The van der Waals surface area contributed by atoms with Crippen LogP contribution in [0.1, 0.15) is 43.0 Å². The van der Waals surface area contributed by atoms with Gasteiger partial charge in [-0.2, -0.15) is 0 Å². The average molecular weight is 360 g/mol. The molecule has 0 saturated heterocycles. The van der Waals surface area contributed by atoms with Gasteiger partial charge in [0, 0.05) is 5.56 Å². The standard InChI is InChI=1S/C14H17IO3/c1-2-17-13-8-10(9-16)7-12(15)14(13)18-11-5-3-4-6-11/h7-9,11H,2-6H2,1H3. The largest absolute Gasteiger partial charge is 0.490 e. The van der Waals surface area contributed by atoms with Crippen LogP contribution in [-0.2, 0) is 0 Å². The van der Waals surface area contributed by atoms with Crippen molar-refractivity contribution in [2.24, 2.45) is 0 Å². The molecule has 0 atom stereocenters. The van der Waals surface area contributed by atoms with Gasteiger partial charge in [-0.05, 0) is 67.3 Å². The molecule has 98 valence electrons. The number of aldehydes is 1. The Hall–Kier alpha value is -0.780. The number of carbonyl (C=O) groups excluding carboxylic acids is 1. The van der Waals surface area contributed by atoms with Gasteiger partial charge in [0.25, 0.3) is 0 Å². The van der Waals surface area contributed by atoms with Crippen molar-refractivity contribution in [2.75, 3.05) is 6.61 Å². The third-order valence-corrected chi connectivity index (χ3v) is 3.86. The van der Waals surface area contributed by atoms with E-state index in [0.717, 1.165) is 28.4 Å². The Morgan fingerprint density at radius 3 is 2.72 bits per heavy atom. The summed E-state index contributed by atoms with van der Waals surface area (Å²) in [6.45, 7) is 2.50. The van der Waals surface area contributed by atoms with E-state index in [1.54, 1.807) is 6.07 Å². The van der Waals surface area contributed by atoms with Crippen molar-refractivity contribution < 1.29 is 14.3 Å². The molecule has 0 aromatic heterocycles. The lowest BCUT2D eigenvalue weighted by Crippen LogP contribution is -2.13. The van der Waals surface area contributed by atoms with E-state index in [1.165, 1.54) is 12.8 Å². The second kappa shape index (κ2) is 6.41. The van der Waals surface area contributed by atoms with E-state index in [9.17, 15) is 4.79 Å². The molecule has 4 heteroatoms. The van der Waals surface area contributed by atoms with Gasteiger partial charge in [0.2, 0.25) is 0 Å². The SMILES string of the molecule is CCOc1cc(C=O)cc(I)c1OC1CCCC1. The molecule has 1 aliphatic rings. The van der Waals surface area contributed by atoms with Crippen LogP contribution < -0.4 is 9.47 Å². The number of rotatable bonds is 5. The van der Waals surface area contributed by atoms with Crippen molar-refractivity contribution in [1.82, 2.24) is 0 Å². The van der Waals surface area contributed by atoms with Gasteiger partial charge < -0.3 is 9.47 Å². The minimum atomic E-state index is 0.291. The smallest absolute Gasteiger partial charge is 0.174 e. The summed E-state index contributed by atoms with van der Waals surface area (Å²) in [4.78, 5) is 10.9. The molecule has 18 heavy (non-hydrogen) atoms. The lowest BCUT2D eigenvalue weighted by Gasteiger charge is -2.18. The third-order valence-electron chi connectivity index (χ3n) is 3.05. The van der Waals surface area contributed by atoms with Gasteiger partial charge in [0.05, 0.1) is 16.3 Å². The van der Waals surface area contributed by atoms with Crippen LogP contribution >= 0.6 is 22.6 Å². The second-order valence-corrected chi connectivity index (χ2v) is 5.57. The van der Waals surface area contributed by atoms with E-state index in [1.807, 2.05) is 13.0 Å². The highest BCUT2D eigenvalue weighted by atomic mass is 127. The molecule has 2 rings (SSSR count). The predicted octanol–water partition coefficient (Wildman–Crippen LogP) is 3.82. The fourth-order valence-corrected chi connectivity index (χ4v) is 2.96. The van der Waals surface area contributed by atoms with Crippen LogP contribution in [0.5, 0.6) is 11.5 Å². The summed E-state index contributed by atoms with van der Waals surface area (Å²) in [5.41, 5.74) is 0.627. The Labute approximate surface area is 121 Å². The van der Waals surface area contributed by atoms with E-state index < -0.39 is 0 Å². The molecular formula is C14H17IO3. The Bertz CT molecular complexity index is 425. The molecule has 1 saturated carbocycles. The number of carbonyl (C=O) groups is 1. The minimum Gasteiger partial charge on any atom is -0.490 e. The van der Waals surface area contributed by atoms with Gasteiger partial charge in [-0.1, -0.05) is 0 Å². The maximum absolute atomic E-state index is 10.9. The van der Waals surface area contributed by atoms with Crippen molar-refractivity contribution >= 4 is 28.9 Å². The van der Waals surface area contributed by atoms with E-state index >= 15 is 0 Å². The molecular weight excluding hydrogens is 343 g/mol. The van der Waals surface area contributed by atoms with Gasteiger partial charge in [0.1, 0.15) is 6.29 Å². The van der Waals surface area contributed by atoms with Gasteiger partial charge in [-0.25, -0.2) is 0 Å². The van der Waals surface area contributed by atoms with Crippen LogP contribution in [0.2, 0.25) is 0 Å². The maximum atomic E-state index is 10.9. The quantitative estimate of drug-likeness (QED) is 0.592. The summed E-state index contributed by atoms with van der Waals surface area (Å²) in [6.07, 6.45) is 5.81. The van der Waals surface area contributed by atoms with Crippen molar-refractivity contribution in [2.45, 2.75) is 38.7 Å². The highest BCUT2D eigenvalue weighted by Crippen LogP contribution is 2.36. The van der Waals surface area contributed by atoms with Crippen LogP contribution in [0, 0.1) is 3.57 Å². The van der Waals surface area contributed by atoms with Crippen LogP contribution in [0.3, 0.4) is 0 Å². The Balaban J connectivity index is 2.27. The lowest BCUT2D eigenvalue weighted by molar-refractivity contribution is 0.112. The summed E-state index contributed by atoms with van der Waals surface area (Å²) in [6, 6.07) is 3.59. The van der Waals surface area contributed by atoms with E-state index in [0.29, 0.717) is 24.0 Å². The van der Waals surface area contributed by atoms with Crippen LogP contribution in [-0.4, -0.2) is 19.0 Å². The maximum Gasteiger partial charge on any atom is 0.174 e. The van der Waals surface area contributed by atoms with Gasteiger partial charge in [-0.15, -0.1) is 0 Å². The highest BCUT2D eigenvalue weighted by molar-refractivity contribution is 14.1. The van der Waals surface area contributed by atoms with Crippen molar-refractivity contribution in [3.8, 4) is 11.5 Å². The number of ether oxygens (including phenoxy) is 2. The molecule has 0 aliphatic heterocycles.